The summed E-state index contributed by atoms with van der Waals surface area (Å²) in [6.07, 6.45) is 5.06. The van der Waals surface area contributed by atoms with Gasteiger partial charge in [-0.3, -0.25) is 0 Å². The van der Waals surface area contributed by atoms with Crippen molar-refractivity contribution in [2.75, 3.05) is 0 Å². The van der Waals surface area contributed by atoms with Gasteiger partial charge in [0, 0.05) is 5.38 Å². The van der Waals surface area contributed by atoms with Crippen molar-refractivity contribution < 1.29 is 5.11 Å². The Labute approximate surface area is 76.7 Å². The van der Waals surface area contributed by atoms with Crippen molar-refractivity contribution in [3.63, 3.8) is 0 Å². The van der Waals surface area contributed by atoms with Crippen LogP contribution in [0.5, 0.6) is 0 Å². The molecular weight excluding hydrogens is 178 g/mol. The highest BCUT2D eigenvalue weighted by Gasteiger charge is 2.20. The maximum absolute atomic E-state index is 9.39. The molecule has 60 valence electrons. The van der Waals surface area contributed by atoms with Crippen molar-refractivity contribution in [2.24, 2.45) is 0 Å². The van der Waals surface area contributed by atoms with Crippen LogP contribution in [0.15, 0.2) is 10.9 Å². The van der Waals surface area contributed by atoms with Gasteiger partial charge in [0.05, 0.1) is 11.2 Å². The van der Waals surface area contributed by atoms with E-state index in [1.165, 1.54) is 11.3 Å². The van der Waals surface area contributed by atoms with Gasteiger partial charge in [-0.25, -0.2) is 4.98 Å². The van der Waals surface area contributed by atoms with Gasteiger partial charge in [0.1, 0.15) is 0 Å². The second-order valence-corrected chi connectivity index (χ2v) is 2.81. The molecule has 1 aromatic heterocycles. The lowest BCUT2D eigenvalue weighted by Gasteiger charge is -2.11. The van der Waals surface area contributed by atoms with E-state index < -0.39 is 5.60 Å². The van der Waals surface area contributed by atoms with E-state index in [-0.39, 0.29) is 13.5 Å². The average Bonchev–Trinajstić information content (AvgIpc) is 2.38. The van der Waals surface area contributed by atoms with E-state index in [4.69, 9.17) is 6.42 Å². The topological polar surface area (TPSA) is 33.1 Å². The fraction of sp³-hybridized carbons (Fsp3) is 0.286. The molecule has 0 spiro atoms. The van der Waals surface area contributed by atoms with E-state index in [0.29, 0.717) is 5.69 Å². The van der Waals surface area contributed by atoms with E-state index in [1.54, 1.807) is 17.8 Å². The molecule has 4 heteroatoms. The summed E-state index contributed by atoms with van der Waals surface area (Å²) >= 11 is 1.42. The summed E-state index contributed by atoms with van der Waals surface area (Å²) in [5, 5.41) is 11.1. The summed E-state index contributed by atoms with van der Waals surface area (Å²) in [5.41, 5.74) is 0.973. The van der Waals surface area contributed by atoms with Crippen LogP contribution in [0.4, 0.5) is 0 Å². The SMILES string of the molecule is C#C[C@](C)(O)c1cscn1.S. The lowest BCUT2D eigenvalue weighted by atomic mass is 10.1. The Kier molecular flexibility index (Phi) is 3.59. The lowest BCUT2D eigenvalue weighted by molar-refractivity contribution is 0.118. The minimum Gasteiger partial charge on any atom is -0.372 e. The third-order valence-electron chi connectivity index (χ3n) is 1.21. The molecule has 0 radical (unpaired) electrons. The molecule has 11 heavy (non-hydrogen) atoms. The summed E-state index contributed by atoms with van der Waals surface area (Å²) in [6.45, 7) is 1.54. The van der Waals surface area contributed by atoms with Gasteiger partial charge >= 0.3 is 0 Å². The van der Waals surface area contributed by atoms with Crippen LogP contribution in [0.2, 0.25) is 0 Å². The number of aliphatic hydroxyl groups is 1. The van der Waals surface area contributed by atoms with Gasteiger partial charge in [0.15, 0.2) is 5.60 Å². The Bertz CT molecular complexity index is 248. The molecule has 2 nitrogen and oxygen atoms in total. The zero-order valence-corrected chi connectivity index (χ0v) is 7.85. The van der Waals surface area contributed by atoms with Crippen LogP contribution in [0.25, 0.3) is 0 Å². The molecule has 0 amide bonds. The fourth-order valence-electron chi connectivity index (χ4n) is 0.527. The van der Waals surface area contributed by atoms with Crippen molar-refractivity contribution in [1.29, 1.82) is 0 Å². The van der Waals surface area contributed by atoms with Crippen LogP contribution in [-0.4, -0.2) is 10.1 Å². The fourth-order valence-corrected chi connectivity index (χ4v) is 1.18. The van der Waals surface area contributed by atoms with Crippen LogP contribution < -0.4 is 0 Å². The van der Waals surface area contributed by atoms with Crippen molar-refractivity contribution in [2.45, 2.75) is 12.5 Å². The molecule has 1 rings (SSSR count). The first kappa shape index (κ1) is 10.5. The van der Waals surface area contributed by atoms with Gasteiger partial charge in [-0.1, -0.05) is 5.92 Å². The molecule has 0 aliphatic rings. The van der Waals surface area contributed by atoms with Crippen LogP contribution >= 0.6 is 24.8 Å². The first-order valence-electron chi connectivity index (χ1n) is 2.75. The molecule has 0 aromatic carbocycles. The third-order valence-corrected chi connectivity index (χ3v) is 1.80. The molecule has 1 aromatic rings. The van der Waals surface area contributed by atoms with Gasteiger partial charge < -0.3 is 5.11 Å². The molecule has 0 fully saturated rings. The summed E-state index contributed by atoms with van der Waals surface area (Å²) in [5.74, 6) is 2.24. The van der Waals surface area contributed by atoms with Crippen LogP contribution in [0.3, 0.4) is 0 Å². The van der Waals surface area contributed by atoms with E-state index in [9.17, 15) is 5.11 Å². The van der Waals surface area contributed by atoms with Gasteiger partial charge in [-0.05, 0) is 6.92 Å². The molecule has 1 heterocycles. The summed E-state index contributed by atoms with van der Waals surface area (Å²) in [7, 11) is 0. The normalized spacial score (nSPS) is 14.3. The predicted molar refractivity (Wildman–Crippen MR) is 50.9 cm³/mol. The summed E-state index contributed by atoms with van der Waals surface area (Å²) < 4.78 is 0. The van der Waals surface area contributed by atoms with Gasteiger partial charge in [-0.15, -0.1) is 17.8 Å². The van der Waals surface area contributed by atoms with Gasteiger partial charge in [0.2, 0.25) is 0 Å². The highest BCUT2D eigenvalue weighted by Crippen LogP contribution is 2.18. The van der Waals surface area contributed by atoms with Crippen LogP contribution in [-0.2, 0) is 5.60 Å². The predicted octanol–water partition coefficient (Wildman–Crippen LogP) is 1.10. The van der Waals surface area contributed by atoms with Crippen LogP contribution in [0, 0.1) is 12.3 Å². The van der Waals surface area contributed by atoms with Crippen LogP contribution in [0.1, 0.15) is 12.6 Å². The van der Waals surface area contributed by atoms with E-state index >= 15 is 0 Å². The van der Waals surface area contributed by atoms with Crippen molar-refractivity contribution in [3.8, 4) is 12.3 Å². The second-order valence-electron chi connectivity index (χ2n) is 2.09. The Hall–Kier alpha value is -0.500. The number of rotatable bonds is 1. The molecule has 1 atom stereocenters. The monoisotopic (exact) mass is 187 g/mol. The largest absolute Gasteiger partial charge is 0.372 e. The molecule has 0 saturated carbocycles. The number of hydrogen-bond donors (Lipinski definition) is 1. The number of thiazole rings is 1. The first-order valence-corrected chi connectivity index (χ1v) is 3.70. The minimum absolute atomic E-state index is 0. The van der Waals surface area contributed by atoms with Gasteiger partial charge in [0.25, 0.3) is 0 Å². The van der Waals surface area contributed by atoms with E-state index in [1.807, 2.05) is 0 Å². The molecule has 0 aliphatic heterocycles. The first-order chi connectivity index (χ1) is 4.67. The molecule has 0 unspecified atom stereocenters. The summed E-state index contributed by atoms with van der Waals surface area (Å²) in [4.78, 5) is 3.88. The standard InChI is InChI=1S/C7H7NOS.H2S/c1-3-7(2,9)6-4-10-5-8-6;/h1,4-5,9H,2H3;1H2/t7-;/m0./s1. The maximum atomic E-state index is 9.39. The Morgan fingerprint density at radius 1 is 1.82 bits per heavy atom. The van der Waals surface area contributed by atoms with E-state index in [0.717, 1.165) is 0 Å². The zero-order valence-electron chi connectivity index (χ0n) is 6.03. The molecule has 0 saturated heterocycles. The highest BCUT2D eigenvalue weighted by atomic mass is 32.1. The maximum Gasteiger partial charge on any atom is 0.165 e. The number of hydrogen-bond acceptors (Lipinski definition) is 3. The van der Waals surface area contributed by atoms with Crippen molar-refractivity contribution in [1.82, 2.24) is 4.98 Å². The number of aromatic nitrogens is 1. The third kappa shape index (κ3) is 2.22. The zero-order chi connectivity index (χ0) is 7.61. The number of nitrogens with zero attached hydrogens (tertiary/aromatic N) is 1. The Morgan fingerprint density at radius 2 is 2.45 bits per heavy atom. The Balaban J connectivity index is 0.000001000. The smallest absolute Gasteiger partial charge is 0.165 e. The molecule has 1 N–H and O–H groups in total. The summed E-state index contributed by atoms with van der Waals surface area (Å²) in [6, 6.07) is 0. The van der Waals surface area contributed by atoms with Gasteiger partial charge in [-0.2, -0.15) is 13.5 Å². The average molecular weight is 187 g/mol. The minimum atomic E-state index is -1.21. The number of terminal acetylenes is 1. The molecular formula is C7H9NOS2. The van der Waals surface area contributed by atoms with Crippen molar-refractivity contribution in [3.05, 3.63) is 16.6 Å². The van der Waals surface area contributed by atoms with Crippen molar-refractivity contribution >= 4 is 24.8 Å². The quantitative estimate of drug-likeness (QED) is 0.668. The molecule has 0 aliphatic carbocycles. The Morgan fingerprint density at radius 3 is 2.82 bits per heavy atom. The molecule has 0 bridgehead atoms. The highest BCUT2D eigenvalue weighted by molar-refractivity contribution is 7.59. The lowest BCUT2D eigenvalue weighted by Crippen LogP contribution is -2.18. The van der Waals surface area contributed by atoms with E-state index in [2.05, 4.69) is 10.9 Å². The second kappa shape index (κ2) is 3.77.